The molecule has 1 fully saturated rings. The van der Waals surface area contributed by atoms with Crippen molar-refractivity contribution in [3.63, 3.8) is 0 Å². The van der Waals surface area contributed by atoms with Gasteiger partial charge in [-0.15, -0.1) is 0 Å². The highest BCUT2D eigenvalue weighted by Crippen LogP contribution is 2.37. The van der Waals surface area contributed by atoms with Gasteiger partial charge in [-0.05, 0) is 51.2 Å². The molecule has 4 nitrogen and oxygen atoms in total. The second-order valence-electron chi connectivity index (χ2n) is 6.23. The second kappa shape index (κ2) is 4.90. The van der Waals surface area contributed by atoms with E-state index >= 15 is 0 Å². The van der Waals surface area contributed by atoms with E-state index in [4.69, 9.17) is 20.5 Å². The van der Waals surface area contributed by atoms with Crippen LogP contribution in [0.5, 0.6) is 0 Å². The highest BCUT2D eigenvalue weighted by Gasteiger charge is 2.52. The molecule has 0 amide bonds. The Bertz CT molecular complexity index is 525. The zero-order chi connectivity index (χ0) is 15.1. The minimum atomic E-state index is -0.477. The van der Waals surface area contributed by atoms with Gasteiger partial charge < -0.3 is 20.5 Å². The van der Waals surface area contributed by atoms with Crippen LogP contribution in [-0.2, 0) is 15.7 Å². The van der Waals surface area contributed by atoms with E-state index in [-0.39, 0.29) is 0 Å². The first-order chi connectivity index (χ1) is 9.23. The van der Waals surface area contributed by atoms with E-state index in [0.29, 0.717) is 11.3 Å². The summed E-state index contributed by atoms with van der Waals surface area (Å²) in [6.45, 7) is 10.2. The molecular weight excluding hydrogens is 251 g/mol. The van der Waals surface area contributed by atoms with Crippen LogP contribution in [0.15, 0.2) is 12.1 Å². The van der Waals surface area contributed by atoms with Gasteiger partial charge in [0.05, 0.1) is 11.2 Å². The maximum absolute atomic E-state index is 7.64. The Morgan fingerprint density at radius 1 is 1.20 bits per heavy atom. The average molecular weight is 274 g/mol. The minimum absolute atomic E-state index is 0.396. The largest absolute Gasteiger partial charge is 0.495 e. The van der Waals surface area contributed by atoms with Crippen LogP contribution in [0.25, 0.3) is 0 Å². The first kappa shape index (κ1) is 15.1. The van der Waals surface area contributed by atoms with Crippen molar-refractivity contribution in [2.75, 3.05) is 5.73 Å². The molecule has 0 aromatic heterocycles. The van der Waals surface area contributed by atoms with Crippen molar-refractivity contribution in [1.82, 2.24) is 0 Å². The zero-order valence-electron chi connectivity index (χ0n) is 12.9. The summed E-state index contributed by atoms with van der Waals surface area (Å²) in [5, 5.41) is 7.64. The van der Waals surface area contributed by atoms with E-state index in [1.165, 1.54) is 6.21 Å². The summed E-state index contributed by atoms with van der Waals surface area (Å²) in [5.74, 6) is 0. The van der Waals surface area contributed by atoms with Crippen LogP contribution in [0.1, 0.15) is 45.7 Å². The molecule has 0 aliphatic carbocycles. The standard InChI is InChI=1S/C15H23BN2O2/c1-6-10-7-8-12(18)11(9-17)13(10)16-19-14(2,3)15(4,5)20-16/h7-9,17H,6,18H2,1-5H3. The summed E-state index contributed by atoms with van der Waals surface area (Å²) in [7, 11) is -0.477. The lowest BCUT2D eigenvalue weighted by molar-refractivity contribution is 0.00578. The molecule has 0 radical (unpaired) electrons. The lowest BCUT2D eigenvalue weighted by Gasteiger charge is -2.32. The van der Waals surface area contributed by atoms with Crippen molar-refractivity contribution in [1.29, 1.82) is 5.41 Å². The Kier molecular flexibility index (Phi) is 3.69. The van der Waals surface area contributed by atoms with Crippen molar-refractivity contribution < 1.29 is 9.31 Å². The Morgan fingerprint density at radius 2 is 1.75 bits per heavy atom. The number of benzene rings is 1. The number of aryl methyl sites for hydroxylation is 1. The number of anilines is 1. The van der Waals surface area contributed by atoms with Gasteiger partial charge in [0, 0.05) is 17.5 Å². The van der Waals surface area contributed by atoms with Crippen molar-refractivity contribution in [2.45, 2.75) is 52.2 Å². The van der Waals surface area contributed by atoms with Crippen molar-refractivity contribution >= 4 is 24.5 Å². The molecule has 2 rings (SSSR count). The van der Waals surface area contributed by atoms with E-state index in [9.17, 15) is 0 Å². The van der Waals surface area contributed by atoms with E-state index in [0.717, 1.165) is 17.4 Å². The van der Waals surface area contributed by atoms with Gasteiger partial charge in [0.25, 0.3) is 0 Å². The van der Waals surface area contributed by atoms with Gasteiger partial charge in [0.2, 0.25) is 0 Å². The summed E-state index contributed by atoms with van der Waals surface area (Å²) >= 11 is 0. The van der Waals surface area contributed by atoms with Crippen LogP contribution in [0.4, 0.5) is 5.69 Å². The third-order valence-corrected chi connectivity index (χ3v) is 4.43. The minimum Gasteiger partial charge on any atom is -0.399 e. The van der Waals surface area contributed by atoms with Crippen molar-refractivity contribution in [3.8, 4) is 0 Å². The predicted molar refractivity (Wildman–Crippen MR) is 83.8 cm³/mol. The molecule has 5 heteroatoms. The Labute approximate surface area is 121 Å². The Morgan fingerprint density at radius 3 is 2.20 bits per heavy atom. The van der Waals surface area contributed by atoms with E-state index in [2.05, 4.69) is 6.92 Å². The van der Waals surface area contributed by atoms with Crippen LogP contribution < -0.4 is 11.2 Å². The molecule has 3 N–H and O–H groups in total. The molecule has 108 valence electrons. The highest BCUT2D eigenvalue weighted by molar-refractivity contribution is 6.64. The Hall–Kier alpha value is -1.33. The molecule has 0 unspecified atom stereocenters. The van der Waals surface area contributed by atoms with E-state index < -0.39 is 18.3 Å². The van der Waals surface area contributed by atoms with Gasteiger partial charge in [0.15, 0.2) is 0 Å². The van der Waals surface area contributed by atoms with Gasteiger partial charge in [-0.3, -0.25) is 0 Å². The molecular formula is C15H23BN2O2. The molecule has 0 bridgehead atoms. The molecule has 1 aromatic rings. The highest BCUT2D eigenvalue weighted by atomic mass is 16.7. The molecule has 1 heterocycles. The number of nitrogen functional groups attached to an aromatic ring is 1. The smallest absolute Gasteiger partial charge is 0.399 e. The summed E-state index contributed by atoms with van der Waals surface area (Å²) in [6, 6.07) is 3.83. The Balaban J connectivity index is 2.54. The number of hydrogen-bond acceptors (Lipinski definition) is 4. The van der Waals surface area contributed by atoms with Crippen molar-refractivity contribution in [2.24, 2.45) is 0 Å². The van der Waals surface area contributed by atoms with Crippen LogP contribution in [0.2, 0.25) is 0 Å². The van der Waals surface area contributed by atoms with E-state index in [1.54, 1.807) is 0 Å². The molecule has 1 aliphatic heterocycles. The number of hydrogen-bond donors (Lipinski definition) is 2. The molecule has 1 aromatic carbocycles. The monoisotopic (exact) mass is 274 g/mol. The lowest BCUT2D eigenvalue weighted by atomic mass is 9.72. The third-order valence-electron chi connectivity index (χ3n) is 4.43. The van der Waals surface area contributed by atoms with Crippen LogP contribution in [0.3, 0.4) is 0 Å². The maximum Gasteiger partial charge on any atom is 0.495 e. The summed E-state index contributed by atoms with van der Waals surface area (Å²) in [4.78, 5) is 0. The topological polar surface area (TPSA) is 68.3 Å². The molecule has 20 heavy (non-hydrogen) atoms. The fraction of sp³-hybridized carbons (Fsp3) is 0.533. The van der Waals surface area contributed by atoms with Crippen molar-refractivity contribution in [3.05, 3.63) is 23.3 Å². The van der Waals surface area contributed by atoms with Crippen LogP contribution in [0, 0.1) is 5.41 Å². The summed E-state index contributed by atoms with van der Waals surface area (Å²) in [5.41, 5.74) is 8.48. The van der Waals surface area contributed by atoms with Crippen LogP contribution in [-0.4, -0.2) is 24.5 Å². The predicted octanol–water partition coefficient (Wildman–Crippen LogP) is 2.13. The fourth-order valence-corrected chi connectivity index (χ4v) is 2.41. The van der Waals surface area contributed by atoms with Gasteiger partial charge in [-0.1, -0.05) is 13.0 Å². The first-order valence-corrected chi connectivity index (χ1v) is 7.01. The molecule has 0 spiro atoms. The van der Waals surface area contributed by atoms with Gasteiger partial charge in [-0.2, -0.15) is 0 Å². The number of nitrogens with one attached hydrogen (secondary N) is 1. The molecule has 0 atom stereocenters. The lowest BCUT2D eigenvalue weighted by Crippen LogP contribution is -2.41. The van der Waals surface area contributed by atoms with E-state index in [1.807, 2.05) is 39.8 Å². The quantitative estimate of drug-likeness (QED) is 0.504. The maximum atomic E-state index is 7.64. The van der Waals surface area contributed by atoms with Gasteiger partial charge >= 0.3 is 7.12 Å². The van der Waals surface area contributed by atoms with Gasteiger partial charge in [0.1, 0.15) is 0 Å². The third kappa shape index (κ3) is 2.25. The fourth-order valence-electron chi connectivity index (χ4n) is 2.41. The first-order valence-electron chi connectivity index (χ1n) is 7.01. The normalized spacial score (nSPS) is 20.1. The molecule has 1 saturated heterocycles. The second-order valence-corrected chi connectivity index (χ2v) is 6.23. The summed E-state index contributed by atoms with van der Waals surface area (Å²) < 4.78 is 12.2. The zero-order valence-corrected chi connectivity index (χ0v) is 12.9. The number of rotatable bonds is 3. The van der Waals surface area contributed by atoms with Gasteiger partial charge in [-0.25, -0.2) is 0 Å². The average Bonchev–Trinajstić information content (AvgIpc) is 2.57. The SMILES string of the molecule is CCc1ccc(N)c(C=N)c1B1OC(C)(C)C(C)(C)O1. The summed E-state index contributed by atoms with van der Waals surface area (Å²) in [6.07, 6.45) is 2.13. The molecule has 0 saturated carbocycles. The number of nitrogens with two attached hydrogens (primary N) is 1. The molecule has 1 aliphatic rings. The van der Waals surface area contributed by atoms with Crippen LogP contribution >= 0.6 is 0 Å².